The van der Waals surface area contributed by atoms with Crippen molar-refractivity contribution < 1.29 is 0 Å². The molecule has 0 spiro atoms. The highest BCUT2D eigenvalue weighted by Gasteiger charge is 2.21. The van der Waals surface area contributed by atoms with Crippen LogP contribution in [0.15, 0.2) is 39.9 Å². The molecule has 0 N–H and O–H groups in total. The molecule has 144 valence electrons. The minimum absolute atomic E-state index is 0.302. The van der Waals surface area contributed by atoms with Crippen LogP contribution in [-0.2, 0) is 27.2 Å². The van der Waals surface area contributed by atoms with E-state index in [9.17, 15) is 9.59 Å². The second-order valence-electron chi connectivity index (χ2n) is 7.47. The van der Waals surface area contributed by atoms with Gasteiger partial charge in [-0.3, -0.25) is 13.9 Å². The molecule has 2 aromatic heterocycles. The fourth-order valence-electron chi connectivity index (χ4n) is 3.25. The maximum Gasteiger partial charge on any atom is 0.332 e. The number of aromatic nitrogens is 4. The highest BCUT2D eigenvalue weighted by Crippen LogP contribution is 2.21. The molecule has 0 aliphatic rings. The molecule has 0 aliphatic heterocycles. The van der Waals surface area contributed by atoms with E-state index in [0.29, 0.717) is 36.1 Å². The summed E-state index contributed by atoms with van der Waals surface area (Å²) < 4.78 is 4.55. The van der Waals surface area contributed by atoms with Crippen LogP contribution in [0.25, 0.3) is 11.2 Å². The van der Waals surface area contributed by atoms with E-state index in [1.807, 2.05) is 34.7 Å². The Hall–Kier alpha value is -2.83. The topological polar surface area (TPSA) is 65.1 Å². The lowest BCUT2D eigenvalue weighted by Crippen LogP contribution is -2.37. The predicted octanol–water partition coefficient (Wildman–Crippen LogP) is 2.12. The van der Waals surface area contributed by atoms with E-state index < -0.39 is 0 Å². The maximum absolute atomic E-state index is 12.8. The first-order valence-corrected chi connectivity index (χ1v) is 9.22. The molecular formula is C20H27N5O2. The lowest BCUT2D eigenvalue weighted by Gasteiger charge is -2.20. The van der Waals surface area contributed by atoms with Crippen molar-refractivity contribution in [2.45, 2.75) is 33.4 Å². The number of fused-ring (bicyclic) bond motifs is 1. The molecule has 3 aromatic rings. The maximum atomic E-state index is 12.8. The molecule has 0 saturated heterocycles. The van der Waals surface area contributed by atoms with Crippen LogP contribution in [0.4, 0.5) is 5.95 Å². The Kier molecular flexibility index (Phi) is 5.21. The summed E-state index contributed by atoms with van der Waals surface area (Å²) in [5, 5.41) is 0. The molecule has 1 aromatic carbocycles. The quantitative estimate of drug-likeness (QED) is 0.668. The number of benzene rings is 1. The summed E-state index contributed by atoms with van der Waals surface area (Å²) in [6, 6.07) is 10.1. The fraction of sp³-hybridized carbons (Fsp3) is 0.450. The monoisotopic (exact) mass is 369 g/mol. The largest absolute Gasteiger partial charge is 0.341 e. The molecule has 0 bridgehead atoms. The smallest absolute Gasteiger partial charge is 0.332 e. The van der Waals surface area contributed by atoms with Crippen LogP contribution in [0, 0.1) is 5.92 Å². The van der Waals surface area contributed by atoms with Gasteiger partial charge in [0.05, 0.1) is 0 Å². The van der Waals surface area contributed by atoms with Gasteiger partial charge in [-0.1, -0.05) is 44.2 Å². The van der Waals surface area contributed by atoms with Crippen LogP contribution in [0.2, 0.25) is 0 Å². The number of hydrogen-bond acceptors (Lipinski definition) is 4. The third kappa shape index (κ3) is 3.54. The van der Waals surface area contributed by atoms with Crippen molar-refractivity contribution >= 4 is 17.1 Å². The molecule has 0 radical (unpaired) electrons. The van der Waals surface area contributed by atoms with Crippen molar-refractivity contribution in [1.29, 1.82) is 0 Å². The average Bonchev–Trinajstić information content (AvgIpc) is 3.03. The van der Waals surface area contributed by atoms with Crippen LogP contribution in [0.5, 0.6) is 0 Å². The molecule has 7 nitrogen and oxygen atoms in total. The van der Waals surface area contributed by atoms with E-state index in [4.69, 9.17) is 0 Å². The highest BCUT2D eigenvalue weighted by atomic mass is 16.2. The summed E-state index contributed by atoms with van der Waals surface area (Å²) in [4.78, 5) is 31.9. The van der Waals surface area contributed by atoms with Gasteiger partial charge in [-0.15, -0.1) is 0 Å². The number of anilines is 1. The molecular weight excluding hydrogens is 342 g/mol. The van der Waals surface area contributed by atoms with Gasteiger partial charge in [0.2, 0.25) is 5.95 Å². The zero-order valence-electron chi connectivity index (χ0n) is 16.6. The first-order chi connectivity index (χ1) is 12.8. The van der Waals surface area contributed by atoms with E-state index in [0.717, 1.165) is 16.6 Å². The van der Waals surface area contributed by atoms with E-state index in [1.165, 1.54) is 11.6 Å². The number of imidazole rings is 1. The third-order valence-corrected chi connectivity index (χ3v) is 4.86. The zero-order valence-corrected chi connectivity index (χ0v) is 16.6. The lowest BCUT2D eigenvalue weighted by atomic mass is 10.1. The summed E-state index contributed by atoms with van der Waals surface area (Å²) >= 11 is 0. The molecule has 3 rings (SSSR count). The Morgan fingerprint density at radius 2 is 1.74 bits per heavy atom. The molecule has 0 atom stereocenters. The van der Waals surface area contributed by atoms with Gasteiger partial charge in [-0.05, 0) is 17.9 Å². The van der Waals surface area contributed by atoms with Gasteiger partial charge in [-0.2, -0.15) is 4.98 Å². The molecule has 0 saturated carbocycles. The summed E-state index contributed by atoms with van der Waals surface area (Å²) in [5.74, 6) is 1.19. The van der Waals surface area contributed by atoms with Crippen molar-refractivity contribution in [3.05, 3.63) is 56.7 Å². The van der Waals surface area contributed by atoms with Gasteiger partial charge in [-0.25, -0.2) is 4.79 Å². The summed E-state index contributed by atoms with van der Waals surface area (Å²) in [7, 11) is 5.13. The number of nitrogens with zero attached hydrogens (tertiary/aromatic N) is 5. The van der Waals surface area contributed by atoms with Gasteiger partial charge in [0.15, 0.2) is 11.2 Å². The molecule has 0 aliphatic carbocycles. The average molecular weight is 369 g/mol. The van der Waals surface area contributed by atoms with Crippen molar-refractivity contribution in [3.63, 3.8) is 0 Å². The number of hydrogen-bond donors (Lipinski definition) is 0. The third-order valence-electron chi connectivity index (χ3n) is 4.86. The van der Waals surface area contributed by atoms with E-state index in [-0.39, 0.29) is 11.2 Å². The van der Waals surface area contributed by atoms with E-state index in [1.54, 1.807) is 7.05 Å². The molecule has 2 heterocycles. The summed E-state index contributed by atoms with van der Waals surface area (Å²) in [6.07, 6.45) is 0.920. The Morgan fingerprint density at radius 1 is 1.07 bits per heavy atom. The van der Waals surface area contributed by atoms with Crippen LogP contribution >= 0.6 is 0 Å². The second-order valence-corrected chi connectivity index (χ2v) is 7.47. The van der Waals surface area contributed by atoms with Crippen molar-refractivity contribution in [1.82, 2.24) is 18.7 Å². The van der Waals surface area contributed by atoms with Gasteiger partial charge in [0, 0.05) is 34.2 Å². The Morgan fingerprint density at radius 3 is 2.37 bits per heavy atom. The standard InChI is InChI=1S/C20H27N5O2/c1-14(2)11-12-25-16-17(23(4)20(27)24(5)18(16)26)21-19(25)22(3)13-15-9-7-6-8-10-15/h6-10,14H,11-13H2,1-5H3. The first-order valence-electron chi connectivity index (χ1n) is 9.22. The molecule has 27 heavy (non-hydrogen) atoms. The Labute approximate surface area is 158 Å². The fourth-order valence-corrected chi connectivity index (χ4v) is 3.25. The molecule has 0 fully saturated rings. The Balaban J connectivity index is 2.17. The summed E-state index contributed by atoms with van der Waals surface area (Å²) in [6.45, 7) is 5.65. The predicted molar refractivity (Wildman–Crippen MR) is 108 cm³/mol. The van der Waals surface area contributed by atoms with Gasteiger partial charge in [0.25, 0.3) is 5.56 Å². The minimum Gasteiger partial charge on any atom is -0.341 e. The molecule has 0 amide bonds. The van der Waals surface area contributed by atoms with Gasteiger partial charge in [0.1, 0.15) is 0 Å². The normalized spacial score (nSPS) is 11.5. The lowest BCUT2D eigenvalue weighted by molar-refractivity contribution is 0.520. The van der Waals surface area contributed by atoms with Gasteiger partial charge >= 0.3 is 5.69 Å². The van der Waals surface area contributed by atoms with Crippen LogP contribution in [0.1, 0.15) is 25.8 Å². The number of aryl methyl sites for hydroxylation is 2. The Bertz CT molecular complexity index is 1060. The molecule has 7 heteroatoms. The van der Waals surface area contributed by atoms with E-state index >= 15 is 0 Å². The van der Waals surface area contributed by atoms with Crippen LogP contribution in [0.3, 0.4) is 0 Å². The second kappa shape index (κ2) is 7.42. The van der Waals surface area contributed by atoms with Crippen molar-refractivity contribution in [2.75, 3.05) is 11.9 Å². The van der Waals surface area contributed by atoms with Crippen molar-refractivity contribution in [3.8, 4) is 0 Å². The number of rotatable bonds is 6. The first kappa shape index (κ1) is 18.9. The minimum atomic E-state index is -0.363. The van der Waals surface area contributed by atoms with Crippen LogP contribution in [-0.4, -0.2) is 25.7 Å². The van der Waals surface area contributed by atoms with E-state index in [2.05, 4.69) is 31.0 Å². The van der Waals surface area contributed by atoms with Crippen molar-refractivity contribution in [2.24, 2.45) is 20.0 Å². The zero-order chi connectivity index (χ0) is 19.7. The van der Waals surface area contributed by atoms with Gasteiger partial charge < -0.3 is 9.47 Å². The summed E-state index contributed by atoms with van der Waals surface area (Å²) in [5.41, 5.74) is 1.41. The SMILES string of the molecule is CC(C)CCn1c(N(C)Cc2ccccc2)nc2c1c(=O)n(C)c(=O)n2C. The van der Waals surface area contributed by atoms with Crippen LogP contribution < -0.4 is 16.1 Å². The molecule has 0 unspecified atom stereocenters. The highest BCUT2D eigenvalue weighted by molar-refractivity contribution is 5.74.